The van der Waals surface area contributed by atoms with Gasteiger partial charge in [0.15, 0.2) is 11.5 Å². The SMILES string of the molecule is [3H]C1([3H])Oc2ccc(OC[C@@H]3CNCC[C@H]3c3ccc(F)cc3)cc2O1. The molecule has 2 aliphatic heterocycles. The van der Waals surface area contributed by atoms with Crippen molar-refractivity contribution in [2.75, 3.05) is 26.4 Å². The third-order valence-corrected chi connectivity index (χ3v) is 4.59. The molecule has 0 aromatic heterocycles. The van der Waals surface area contributed by atoms with E-state index in [0.29, 0.717) is 29.8 Å². The largest absolute Gasteiger partial charge is 0.493 e. The first-order valence-electron chi connectivity index (χ1n) is 9.11. The molecule has 1 N–H and O–H groups in total. The minimum Gasteiger partial charge on any atom is -0.493 e. The molecule has 1 fully saturated rings. The third-order valence-electron chi connectivity index (χ3n) is 4.59. The number of nitrogens with one attached hydrogen (secondary N) is 1. The van der Waals surface area contributed by atoms with Crippen molar-refractivity contribution in [3.8, 4) is 17.2 Å². The zero-order valence-electron chi connectivity index (χ0n) is 15.1. The fourth-order valence-electron chi connectivity index (χ4n) is 3.30. The molecule has 2 aliphatic rings. The number of rotatable bonds is 4. The zero-order chi connectivity index (χ0) is 18.1. The summed E-state index contributed by atoms with van der Waals surface area (Å²) in [6, 6.07) is 11.7. The van der Waals surface area contributed by atoms with Crippen LogP contribution in [0, 0.1) is 11.7 Å². The van der Waals surface area contributed by atoms with Crippen LogP contribution in [0.1, 0.15) is 20.6 Å². The van der Waals surface area contributed by atoms with Crippen LogP contribution in [0.25, 0.3) is 0 Å². The van der Waals surface area contributed by atoms with E-state index in [1.165, 1.54) is 12.1 Å². The Balaban J connectivity index is 1.44. The van der Waals surface area contributed by atoms with Gasteiger partial charge in [-0.2, -0.15) is 0 Å². The van der Waals surface area contributed by atoms with Crippen molar-refractivity contribution < 1.29 is 21.3 Å². The highest BCUT2D eigenvalue weighted by atomic mass is 19.1. The molecule has 2 aromatic carbocycles. The molecule has 1 saturated heterocycles. The number of halogens is 1. The number of hydrogen-bond donors (Lipinski definition) is 1. The van der Waals surface area contributed by atoms with Crippen LogP contribution >= 0.6 is 0 Å². The van der Waals surface area contributed by atoms with E-state index in [1.807, 2.05) is 12.1 Å². The Labute approximate surface area is 143 Å². The second kappa shape index (κ2) is 6.69. The molecule has 0 aliphatic carbocycles. The second-order valence-electron chi connectivity index (χ2n) is 6.12. The molecule has 2 heterocycles. The van der Waals surface area contributed by atoms with Crippen LogP contribution in [-0.4, -0.2) is 26.4 Å². The number of ether oxygens (including phenoxy) is 3. The van der Waals surface area contributed by atoms with Crippen molar-refractivity contribution in [3.05, 3.63) is 53.8 Å². The highest BCUT2D eigenvalue weighted by Crippen LogP contribution is 2.36. The smallest absolute Gasteiger partial charge is 0.231 e. The van der Waals surface area contributed by atoms with Crippen molar-refractivity contribution >= 4 is 0 Å². The lowest BCUT2D eigenvalue weighted by Gasteiger charge is -2.32. The highest BCUT2D eigenvalue weighted by molar-refractivity contribution is 5.46. The van der Waals surface area contributed by atoms with Crippen molar-refractivity contribution in [2.45, 2.75) is 12.3 Å². The monoisotopic (exact) mass is 333 g/mol. The molecule has 0 unspecified atom stereocenters. The van der Waals surface area contributed by atoms with Gasteiger partial charge in [-0.15, -0.1) is 0 Å². The van der Waals surface area contributed by atoms with E-state index in [-0.39, 0.29) is 11.7 Å². The van der Waals surface area contributed by atoms with Crippen molar-refractivity contribution in [3.63, 3.8) is 0 Å². The fraction of sp³-hybridized carbons (Fsp3) is 0.368. The Morgan fingerprint density at radius 3 is 2.88 bits per heavy atom. The van der Waals surface area contributed by atoms with Gasteiger partial charge in [0.1, 0.15) is 14.3 Å². The van der Waals surface area contributed by atoms with Gasteiger partial charge in [-0.25, -0.2) is 4.39 Å². The maximum absolute atomic E-state index is 13.2. The van der Waals surface area contributed by atoms with E-state index in [1.54, 1.807) is 18.2 Å². The van der Waals surface area contributed by atoms with Crippen molar-refractivity contribution in [2.24, 2.45) is 5.92 Å². The van der Waals surface area contributed by atoms with Gasteiger partial charge in [0.2, 0.25) is 6.75 Å². The molecule has 2 aromatic rings. The highest BCUT2D eigenvalue weighted by Gasteiger charge is 2.27. The predicted octanol–water partition coefficient (Wildman–Crippen LogP) is 3.33. The van der Waals surface area contributed by atoms with E-state index in [2.05, 4.69) is 5.32 Å². The van der Waals surface area contributed by atoms with Gasteiger partial charge in [0, 0.05) is 18.5 Å². The van der Waals surface area contributed by atoms with E-state index in [9.17, 15) is 4.39 Å². The van der Waals surface area contributed by atoms with E-state index >= 15 is 0 Å². The Morgan fingerprint density at radius 2 is 2.00 bits per heavy atom. The number of benzene rings is 2. The van der Waals surface area contributed by atoms with Crippen LogP contribution in [0.5, 0.6) is 17.2 Å². The van der Waals surface area contributed by atoms with E-state index in [0.717, 1.165) is 25.1 Å². The maximum atomic E-state index is 13.2. The molecule has 0 radical (unpaired) electrons. The van der Waals surface area contributed by atoms with E-state index in [4.69, 9.17) is 17.0 Å². The van der Waals surface area contributed by atoms with Gasteiger partial charge in [-0.1, -0.05) is 12.1 Å². The van der Waals surface area contributed by atoms with Gasteiger partial charge >= 0.3 is 0 Å². The molecule has 4 rings (SSSR count). The van der Waals surface area contributed by atoms with Crippen molar-refractivity contribution in [1.29, 1.82) is 0 Å². The second-order valence-corrected chi connectivity index (χ2v) is 6.12. The molecule has 0 amide bonds. The molecule has 0 spiro atoms. The van der Waals surface area contributed by atoms with Crippen LogP contribution in [0.15, 0.2) is 42.5 Å². The van der Waals surface area contributed by atoms with Gasteiger partial charge in [-0.05, 0) is 48.7 Å². The summed E-state index contributed by atoms with van der Waals surface area (Å²) in [5.41, 5.74) is 1.13. The van der Waals surface area contributed by atoms with Gasteiger partial charge in [0.05, 0.1) is 6.61 Å². The summed E-state index contributed by atoms with van der Waals surface area (Å²) in [7, 11) is 0. The first kappa shape index (κ1) is 13.1. The zero-order valence-corrected chi connectivity index (χ0v) is 13.1. The van der Waals surface area contributed by atoms with Crippen molar-refractivity contribution in [1.82, 2.24) is 5.32 Å². The van der Waals surface area contributed by atoms with E-state index < -0.39 is 6.75 Å². The van der Waals surface area contributed by atoms with Crippen LogP contribution in [0.4, 0.5) is 4.39 Å². The average Bonchev–Trinajstić information content (AvgIpc) is 2.94. The first-order chi connectivity index (χ1) is 12.5. The molecule has 0 bridgehead atoms. The fourth-order valence-corrected chi connectivity index (χ4v) is 3.30. The Kier molecular flexibility index (Phi) is 3.64. The quantitative estimate of drug-likeness (QED) is 0.932. The maximum Gasteiger partial charge on any atom is 0.231 e. The lowest BCUT2D eigenvalue weighted by molar-refractivity contribution is 0.173. The van der Waals surface area contributed by atoms with Gasteiger partial charge < -0.3 is 19.5 Å². The summed E-state index contributed by atoms with van der Waals surface area (Å²) in [5, 5.41) is 3.39. The number of hydrogen-bond acceptors (Lipinski definition) is 4. The normalized spacial score (nSPS) is 25.7. The first-order valence-corrected chi connectivity index (χ1v) is 8.11. The van der Waals surface area contributed by atoms with Crippen LogP contribution in [-0.2, 0) is 0 Å². The summed E-state index contributed by atoms with van der Waals surface area (Å²) in [5.74, 6) is 1.64. The molecule has 2 atom stereocenters. The Hall–Kier alpha value is -2.27. The molecule has 0 saturated carbocycles. The summed E-state index contributed by atoms with van der Waals surface area (Å²) >= 11 is 0. The predicted molar refractivity (Wildman–Crippen MR) is 88.2 cm³/mol. The molecule has 24 heavy (non-hydrogen) atoms. The minimum absolute atomic E-state index is 0.226. The van der Waals surface area contributed by atoms with Crippen LogP contribution in [0.2, 0.25) is 0 Å². The lowest BCUT2D eigenvalue weighted by atomic mass is 9.81. The molecule has 4 nitrogen and oxygen atoms in total. The molecular weight excluding hydrogens is 309 g/mol. The Morgan fingerprint density at radius 1 is 1.17 bits per heavy atom. The van der Waals surface area contributed by atoms with Gasteiger partial charge in [0.25, 0.3) is 0 Å². The summed E-state index contributed by atoms with van der Waals surface area (Å²) in [6.45, 7) is 0.121. The molecular formula is C19H20FNO3. The molecule has 126 valence electrons. The average molecular weight is 333 g/mol. The topological polar surface area (TPSA) is 39.7 Å². The summed E-state index contributed by atoms with van der Waals surface area (Å²) < 4.78 is 44.3. The van der Waals surface area contributed by atoms with Gasteiger partial charge in [-0.3, -0.25) is 0 Å². The summed E-state index contributed by atoms with van der Waals surface area (Å²) in [6.07, 6.45) is 0.973. The molecule has 5 heteroatoms. The Bertz CT molecular complexity index is 785. The number of piperidine rings is 1. The van der Waals surface area contributed by atoms with Crippen LogP contribution in [0.3, 0.4) is 0 Å². The standard InChI is InChI=1S/C19H20FNO3/c20-15-3-1-13(2-4-15)17-7-8-21-10-14(17)11-22-16-5-6-18-19(9-16)24-12-23-18/h1-6,9,14,17,21H,7-8,10-12H2/t14-,17-/m0/s1/i12T2. The van der Waals surface area contributed by atoms with Crippen LogP contribution < -0.4 is 19.5 Å². The third kappa shape index (κ3) is 3.17. The number of fused-ring (bicyclic) bond motifs is 1. The minimum atomic E-state index is -2.14. The summed E-state index contributed by atoms with van der Waals surface area (Å²) in [4.78, 5) is 0. The lowest BCUT2D eigenvalue weighted by Crippen LogP contribution is -2.38.